The van der Waals surface area contributed by atoms with Crippen molar-refractivity contribution in [2.24, 2.45) is 0 Å². The lowest BCUT2D eigenvalue weighted by molar-refractivity contribution is -0.135. The van der Waals surface area contributed by atoms with E-state index in [0.29, 0.717) is 22.6 Å². The third-order valence-corrected chi connectivity index (χ3v) is 5.03. The molecule has 0 atom stereocenters. The van der Waals surface area contributed by atoms with Gasteiger partial charge in [0.15, 0.2) is 5.56 Å². The van der Waals surface area contributed by atoms with Crippen LogP contribution in [-0.2, 0) is 17.9 Å². The number of carboxylic acid groups (broad SMARTS) is 1. The minimum absolute atomic E-state index is 0.134. The van der Waals surface area contributed by atoms with E-state index in [0.717, 1.165) is 9.13 Å². The van der Waals surface area contributed by atoms with Crippen molar-refractivity contribution < 1.29 is 29.3 Å². The van der Waals surface area contributed by atoms with Crippen LogP contribution in [0.5, 0.6) is 17.4 Å². The van der Waals surface area contributed by atoms with Gasteiger partial charge in [-0.2, -0.15) is 0 Å². The van der Waals surface area contributed by atoms with E-state index in [4.69, 9.17) is 14.6 Å². The summed E-state index contributed by atoms with van der Waals surface area (Å²) in [6.07, 6.45) is 0. The molecule has 0 aliphatic heterocycles. The minimum atomic E-state index is -1.34. The largest absolute Gasteiger partial charge is 0.497 e. The van der Waals surface area contributed by atoms with E-state index < -0.39 is 41.1 Å². The number of carbonyl (C=O) groups is 2. The zero-order valence-electron chi connectivity index (χ0n) is 18.5. The topological polar surface area (TPSA) is 149 Å². The van der Waals surface area contributed by atoms with Crippen LogP contribution >= 0.6 is 0 Å². The number of hydrogen-bond donors (Lipinski definition) is 3. The Labute approximate surface area is 193 Å². The zero-order chi connectivity index (χ0) is 24.8. The third kappa shape index (κ3) is 5.09. The van der Waals surface area contributed by atoms with Crippen LogP contribution in [-0.4, -0.2) is 52.0 Å². The summed E-state index contributed by atoms with van der Waals surface area (Å²) in [5, 5.41) is 21.6. The molecule has 0 spiro atoms. The second-order valence-electron chi connectivity index (χ2n) is 7.20. The maximum absolute atomic E-state index is 13.3. The summed E-state index contributed by atoms with van der Waals surface area (Å²) >= 11 is 0. The molecule has 178 valence electrons. The molecule has 3 aromatic rings. The molecule has 0 unspecified atom stereocenters. The number of benzene rings is 2. The highest BCUT2D eigenvalue weighted by molar-refractivity contribution is 5.97. The smallest absolute Gasteiger partial charge is 0.334 e. The van der Waals surface area contributed by atoms with Crippen LogP contribution in [0.4, 0.5) is 0 Å². The van der Waals surface area contributed by atoms with Crippen molar-refractivity contribution in [2.75, 3.05) is 20.8 Å². The molecule has 0 radical (unpaired) electrons. The number of methoxy groups -OCH3 is 2. The summed E-state index contributed by atoms with van der Waals surface area (Å²) in [5.41, 5.74) is -1.61. The number of aliphatic carboxylic acids is 1. The molecule has 0 aliphatic carbocycles. The number of nitrogens with one attached hydrogen (secondary N) is 1. The third-order valence-electron chi connectivity index (χ3n) is 5.03. The molecule has 0 fully saturated rings. The molecule has 1 heterocycles. The predicted molar refractivity (Wildman–Crippen MR) is 121 cm³/mol. The van der Waals surface area contributed by atoms with E-state index >= 15 is 0 Å². The number of nitrogens with zero attached hydrogens (tertiary/aromatic N) is 2. The van der Waals surface area contributed by atoms with Crippen molar-refractivity contribution in [2.45, 2.75) is 13.1 Å². The molecular weight excluding hydrogens is 446 g/mol. The number of amides is 1. The minimum Gasteiger partial charge on any atom is -0.497 e. The van der Waals surface area contributed by atoms with E-state index in [-0.39, 0.29) is 13.1 Å². The second kappa shape index (κ2) is 10.4. The van der Waals surface area contributed by atoms with Crippen LogP contribution in [0, 0.1) is 0 Å². The van der Waals surface area contributed by atoms with Crippen LogP contribution in [0.25, 0.3) is 0 Å². The van der Waals surface area contributed by atoms with Gasteiger partial charge in [-0.25, -0.2) is 4.79 Å². The normalized spacial score (nSPS) is 10.5. The number of aromatic nitrogens is 2. The highest BCUT2D eigenvalue weighted by Gasteiger charge is 2.25. The molecule has 3 N–H and O–H groups in total. The fourth-order valence-corrected chi connectivity index (χ4v) is 3.33. The zero-order valence-corrected chi connectivity index (χ0v) is 18.5. The standard InChI is InChI=1S/C23H23N3O8/c1-33-16-9-8-15(17(10-16)34-2)13-26-22(31)19(20(29)24-11-18(27)28)21(30)25(23(26)32)12-14-6-4-3-5-7-14/h3-10,30H,11-13H2,1-2H3,(H,24,29)(H,27,28). The van der Waals surface area contributed by atoms with Gasteiger partial charge in [-0.3, -0.25) is 23.5 Å². The first-order valence-corrected chi connectivity index (χ1v) is 10.1. The summed E-state index contributed by atoms with van der Waals surface area (Å²) < 4.78 is 12.2. The Morgan fingerprint density at radius 1 is 0.971 bits per heavy atom. The van der Waals surface area contributed by atoms with Gasteiger partial charge in [0.2, 0.25) is 5.88 Å². The molecular formula is C23H23N3O8. The van der Waals surface area contributed by atoms with E-state index in [1.54, 1.807) is 48.5 Å². The molecule has 3 rings (SSSR count). The molecule has 0 saturated heterocycles. The van der Waals surface area contributed by atoms with E-state index in [1.807, 2.05) is 0 Å². The van der Waals surface area contributed by atoms with Crippen molar-refractivity contribution in [3.8, 4) is 17.4 Å². The summed E-state index contributed by atoms with van der Waals surface area (Å²) in [6.45, 7) is -1.19. The first kappa shape index (κ1) is 24.1. The monoisotopic (exact) mass is 469 g/mol. The van der Waals surface area contributed by atoms with Gasteiger partial charge in [-0.15, -0.1) is 0 Å². The van der Waals surface area contributed by atoms with Gasteiger partial charge in [0, 0.05) is 11.6 Å². The molecule has 1 aromatic heterocycles. The molecule has 0 aliphatic rings. The lowest BCUT2D eigenvalue weighted by Gasteiger charge is -2.17. The molecule has 34 heavy (non-hydrogen) atoms. The summed E-state index contributed by atoms with van der Waals surface area (Å²) in [4.78, 5) is 49.9. The van der Waals surface area contributed by atoms with E-state index in [2.05, 4.69) is 5.32 Å². The van der Waals surface area contributed by atoms with Gasteiger partial charge in [0.05, 0.1) is 27.3 Å². The number of rotatable bonds is 9. The van der Waals surface area contributed by atoms with Gasteiger partial charge in [0.1, 0.15) is 18.0 Å². The Morgan fingerprint density at radius 3 is 2.29 bits per heavy atom. The maximum atomic E-state index is 13.3. The van der Waals surface area contributed by atoms with Gasteiger partial charge < -0.3 is 25.0 Å². The van der Waals surface area contributed by atoms with Gasteiger partial charge in [-0.1, -0.05) is 30.3 Å². The first-order chi connectivity index (χ1) is 16.3. The summed E-state index contributed by atoms with van der Waals surface area (Å²) in [5.74, 6) is -2.49. The number of aromatic hydroxyl groups is 1. The van der Waals surface area contributed by atoms with Crippen molar-refractivity contribution >= 4 is 11.9 Å². The van der Waals surface area contributed by atoms with Crippen LogP contribution < -0.4 is 26.0 Å². The van der Waals surface area contributed by atoms with Gasteiger partial charge in [0.25, 0.3) is 11.5 Å². The fraction of sp³-hybridized carbons (Fsp3) is 0.217. The Kier molecular flexibility index (Phi) is 7.36. The predicted octanol–water partition coefficient (Wildman–Crippen LogP) is 0.644. The second-order valence-corrected chi connectivity index (χ2v) is 7.20. The Bertz CT molecular complexity index is 1330. The number of hydrogen-bond acceptors (Lipinski definition) is 7. The Balaban J connectivity index is 2.18. The number of carboxylic acids is 1. The average Bonchev–Trinajstić information content (AvgIpc) is 2.83. The van der Waals surface area contributed by atoms with E-state index in [9.17, 15) is 24.3 Å². The first-order valence-electron chi connectivity index (χ1n) is 10.1. The van der Waals surface area contributed by atoms with Crippen LogP contribution in [0.1, 0.15) is 21.5 Å². The van der Waals surface area contributed by atoms with Crippen molar-refractivity contribution in [3.63, 3.8) is 0 Å². The lowest BCUT2D eigenvalue weighted by atomic mass is 10.1. The summed E-state index contributed by atoms with van der Waals surface area (Å²) in [7, 11) is 2.89. The Morgan fingerprint density at radius 2 is 1.68 bits per heavy atom. The molecule has 2 aromatic carbocycles. The van der Waals surface area contributed by atoms with E-state index in [1.165, 1.54) is 14.2 Å². The SMILES string of the molecule is COc1ccc(Cn2c(=O)c(C(=O)NCC(=O)O)c(O)n(Cc3ccccc3)c2=O)c(OC)c1. The van der Waals surface area contributed by atoms with Crippen LogP contribution in [0.2, 0.25) is 0 Å². The fourth-order valence-electron chi connectivity index (χ4n) is 3.33. The number of ether oxygens (including phenoxy) is 2. The van der Waals surface area contributed by atoms with Crippen molar-refractivity contribution in [1.82, 2.24) is 14.5 Å². The number of carbonyl (C=O) groups excluding carboxylic acids is 1. The highest BCUT2D eigenvalue weighted by Crippen LogP contribution is 2.25. The average molecular weight is 469 g/mol. The lowest BCUT2D eigenvalue weighted by Crippen LogP contribution is -2.45. The highest BCUT2D eigenvalue weighted by atomic mass is 16.5. The van der Waals surface area contributed by atoms with Gasteiger partial charge in [-0.05, 0) is 17.7 Å². The Hall–Kier alpha value is -4.54. The summed E-state index contributed by atoms with van der Waals surface area (Å²) in [6, 6.07) is 13.4. The van der Waals surface area contributed by atoms with Gasteiger partial charge >= 0.3 is 11.7 Å². The molecule has 1 amide bonds. The van der Waals surface area contributed by atoms with Crippen molar-refractivity contribution in [1.29, 1.82) is 0 Å². The molecule has 0 saturated carbocycles. The van der Waals surface area contributed by atoms with Crippen LogP contribution in [0.15, 0.2) is 58.1 Å². The van der Waals surface area contributed by atoms with Crippen LogP contribution in [0.3, 0.4) is 0 Å². The van der Waals surface area contributed by atoms with Crippen molar-refractivity contribution in [3.05, 3.63) is 86.1 Å². The maximum Gasteiger partial charge on any atom is 0.334 e. The molecule has 0 bridgehead atoms. The molecule has 11 nitrogen and oxygen atoms in total. The quantitative estimate of drug-likeness (QED) is 0.413. The molecule has 11 heteroatoms.